The normalized spacial score (nSPS) is 25.0. The molecule has 1 aliphatic heterocycles. The lowest BCUT2D eigenvalue weighted by Gasteiger charge is -2.33. The molecule has 0 spiro atoms. The SMILES string of the molecule is CN1CCCN(C)C(C(NN)c2cnn(C)c2)C1. The Bertz CT molecular complexity index is 376. The lowest BCUT2D eigenvalue weighted by atomic mass is 10.0. The van der Waals surface area contributed by atoms with Gasteiger partial charge < -0.3 is 9.80 Å². The van der Waals surface area contributed by atoms with Crippen LogP contribution in [0.15, 0.2) is 12.4 Å². The monoisotopic (exact) mass is 252 g/mol. The number of aryl methyl sites for hydroxylation is 1. The zero-order chi connectivity index (χ0) is 13.1. The van der Waals surface area contributed by atoms with Crippen LogP contribution in [0.2, 0.25) is 0 Å². The van der Waals surface area contributed by atoms with E-state index in [1.54, 1.807) is 0 Å². The molecule has 2 heterocycles. The Hall–Kier alpha value is -0.950. The first-order valence-electron chi connectivity index (χ1n) is 6.45. The summed E-state index contributed by atoms with van der Waals surface area (Å²) in [5.74, 6) is 5.77. The van der Waals surface area contributed by atoms with Gasteiger partial charge in [0.25, 0.3) is 0 Å². The second-order valence-corrected chi connectivity index (χ2v) is 5.26. The Balaban J connectivity index is 2.19. The predicted octanol–water partition coefficient (Wildman–Crippen LogP) is -0.440. The molecular weight excluding hydrogens is 228 g/mol. The van der Waals surface area contributed by atoms with Crippen molar-refractivity contribution in [3.05, 3.63) is 18.0 Å². The van der Waals surface area contributed by atoms with Crippen molar-refractivity contribution in [3.8, 4) is 0 Å². The molecular formula is C12H24N6. The summed E-state index contributed by atoms with van der Waals surface area (Å²) < 4.78 is 1.82. The minimum absolute atomic E-state index is 0.115. The predicted molar refractivity (Wildman–Crippen MR) is 71.8 cm³/mol. The number of hydrogen-bond acceptors (Lipinski definition) is 5. The largest absolute Gasteiger partial charge is 0.305 e. The molecule has 0 aromatic carbocycles. The van der Waals surface area contributed by atoms with Gasteiger partial charge in [0.1, 0.15) is 0 Å². The van der Waals surface area contributed by atoms with Crippen molar-refractivity contribution in [2.24, 2.45) is 12.9 Å². The number of aromatic nitrogens is 2. The summed E-state index contributed by atoms with van der Waals surface area (Å²) >= 11 is 0. The molecule has 1 aromatic heterocycles. The minimum Gasteiger partial charge on any atom is -0.305 e. The van der Waals surface area contributed by atoms with Gasteiger partial charge in [0.15, 0.2) is 0 Å². The molecule has 2 unspecified atom stereocenters. The average Bonchev–Trinajstić information content (AvgIpc) is 2.67. The van der Waals surface area contributed by atoms with Gasteiger partial charge in [-0.1, -0.05) is 0 Å². The van der Waals surface area contributed by atoms with Crippen LogP contribution in [0.4, 0.5) is 0 Å². The summed E-state index contributed by atoms with van der Waals surface area (Å²) in [6.07, 6.45) is 5.13. The molecule has 1 aliphatic rings. The van der Waals surface area contributed by atoms with Gasteiger partial charge in [0.2, 0.25) is 0 Å². The Morgan fingerprint density at radius 3 is 2.78 bits per heavy atom. The summed E-state index contributed by atoms with van der Waals surface area (Å²) in [6.45, 7) is 3.26. The number of nitrogens with zero attached hydrogens (tertiary/aromatic N) is 4. The molecule has 0 aliphatic carbocycles. The molecule has 0 saturated carbocycles. The summed E-state index contributed by atoms with van der Waals surface area (Å²) in [5.41, 5.74) is 4.10. The number of nitrogens with one attached hydrogen (secondary N) is 1. The van der Waals surface area contributed by atoms with E-state index in [4.69, 9.17) is 5.84 Å². The third kappa shape index (κ3) is 2.89. The van der Waals surface area contributed by atoms with Crippen molar-refractivity contribution in [2.45, 2.75) is 18.5 Å². The fraction of sp³-hybridized carbons (Fsp3) is 0.750. The van der Waals surface area contributed by atoms with Crippen LogP contribution in [0, 0.1) is 0 Å². The zero-order valence-electron chi connectivity index (χ0n) is 11.5. The van der Waals surface area contributed by atoms with Crippen LogP contribution in [0.5, 0.6) is 0 Å². The maximum atomic E-state index is 5.77. The molecule has 1 fully saturated rings. The van der Waals surface area contributed by atoms with Crippen molar-refractivity contribution in [3.63, 3.8) is 0 Å². The molecule has 3 N–H and O–H groups in total. The smallest absolute Gasteiger partial charge is 0.0658 e. The lowest BCUT2D eigenvalue weighted by Crippen LogP contribution is -2.48. The Kier molecular flexibility index (Phi) is 4.34. The van der Waals surface area contributed by atoms with Gasteiger partial charge in [-0.15, -0.1) is 0 Å². The number of likely N-dealkylation sites (N-methyl/N-ethyl adjacent to an activating group) is 2. The van der Waals surface area contributed by atoms with Crippen LogP contribution in [0.1, 0.15) is 18.0 Å². The van der Waals surface area contributed by atoms with E-state index in [-0.39, 0.29) is 6.04 Å². The average molecular weight is 252 g/mol. The highest BCUT2D eigenvalue weighted by Crippen LogP contribution is 2.21. The van der Waals surface area contributed by atoms with E-state index in [1.807, 2.05) is 24.1 Å². The molecule has 18 heavy (non-hydrogen) atoms. The third-order valence-corrected chi connectivity index (χ3v) is 3.76. The molecule has 6 heteroatoms. The summed E-state index contributed by atoms with van der Waals surface area (Å²) in [6, 6.07) is 0.482. The van der Waals surface area contributed by atoms with E-state index in [9.17, 15) is 0 Å². The van der Waals surface area contributed by atoms with Gasteiger partial charge in [0.05, 0.1) is 12.2 Å². The Morgan fingerprint density at radius 1 is 1.39 bits per heavy atom. The fourth-order valence-corrected chi connectivity index (χ4v) is 2.70. The molecule has 1 saturated heterocycles. The number of hydrogen-bond donors (Lipinski definition) is 2. The third-order valence-electron chi connectivity index (χ3n) is 3.76. The van der Waals surface area contributed by atoms with Crippen LogP contribution in [0.3, 0.4) is 0 Å². The van der Waals surface area contributed by atoms with Gasteiger partial charge >= 0.3 is 0 Å². The highest BCUT2D eigenvalue weighted by molar-refractivity contribution is 5.13. The fourth-order valence-electron chi connectivity index (χ4n) is 2.70. The minimum atomic E-state index is 0.115. The van der Waals surface area contributed by atoms with Gasteiger partial charge in [-0.25, -0.2) is 0 Å². The van der Waals surface area contributed by atoms with Crippen LogP contribution in [-0.2, 0) is 7.05 Å². The molecule has 0 bridgehead atoms. The summed E-state index contributed by atoms with van der Waals surface area (Å²) in [5, 5.41) is 4.24. The molecule has 102 valence electrons. The van der Waals surface area contributed by atoms with Crippen LogP contribution < -0.4 is 11.3 Å². The Labute approximate surface area is 109 Å². The number of hydrazine groups is 1. The van der Waals surface area contributed by atoms with E-state index in [2.05, 4.69) is 34.4 Å². The first kappa shape index (κ1) is 13.5. The lowest BCUT2D eigenvalue weighted by molar-refractivity contribution is 0.178. The van der Waals surface area contributed by atoms with Crippen molar-refractivity contribution >= 4 is 0 Å². The van der Waals surface area contributed by atoms with Crippen molar-refractivity contribution in [1.82, 2.24) is 25.0 Å². The van der Waals surface area contributed by atoms with E-state index in [1.165, 1.54) is 6.42 Å². The summed E-state index contributed by atoms with van der Waals surface area (Å²) in [4.78, 5) is 4.76. The quantitative estimate of drug-likeness (QED) is 0.564. The number of rotatable bonds is 3. The van der Waals surface area contributed by atoms with Crippen molar-refractivity contribution in [1.29, 1.82) is 0 Å². The van der Waals surface area contributed by atoms with Gasteiger partial charge in [-0.3, -0.25) is 16.0 Å². The van der Waals surface area contributed by atoms with Crippen molar-refractivity contribution < 1.29 is 0 Å². The first-order chi connectivity index (χ1) is 8.61. The van der Waals surface area contributed by atoms with Crippen LogP contribution in [0.25, 0.3) is 0 Å². The maximum absolute atomic E-state index is 5.77. The van der Waals surface area contributed by atoms with Gasteiger partial charge in [-0.05, 0) is 33.6 Å². The second-order valence-electron chi connectivity index (χ2n) is 5.26. The van der Waals surface area contributed by atoms with Crippen LogP contribution >= 0.6 is 0 Å². The molecule has 2 atom stereocenters. The molecule has 6 nitrogen and oxygen atoms in total. The van der Waals surface area contributed by atoms with E-state index in [0.717, 1.165) is 25.2 Å². The van der Waals surface area contributed by atoms with E-state index in [0.29, 0.717) is 6.04 Å². The molecule has 0 amide bonds. The topological polar surface area (TPSA) is 62.4 Å². The van der Waals surface area contributed by atoms with Gasteiger partial charge in [0, 0.05) is 31.4 Å². The highest BCUT2D eigenvalue weighted by atomic mass is 15.3. The maximum Gasteiger partial charge on any atom is 0.0658 e. The molecule has 1 aromatic rings. The zero-order valence-corrected chi connectivity index (χ0v) is 11.5. The summed E-state index contributed by atoms with van der Waals surface area (Å²) in [7, 11) is 6.27. The van der Waals surface area contributed by atoms with Crippen molar-refractivity contribution in [2.75, 3.05) is 33.7 Å². The molecule has 2 rings (SSSR count). The first-order valence-corrected chi connectivity index (χ1v) is 6.45. The second kappa shape index (κ2) is 5.79. The van der Waals surface area contributed by atoms with E-state index < -0.39 is 0 Å². The Morgan fingerprint density at radius 2 is 2.17 bits per heavy atom. The van der Waals surface area contributed by atoms with Crippen LogP contribution in [-0.4, -0.2) is 59.4 Å². The highest BCUT2D eigenvalue weighted by Gasteiger charge is 2.29. The molecule has 0 radical (unpaired) electrons. The number of nitrogens with two attached hydrogens (primary N) is 1. The standard InChI is InChI=1S/C12H24N6/c1-16-5-4-6-17(2)11(9-16)12(15-13)10-7-14-18(3)8-10/h7-8,11-12,15H,4-6,9,13H2,1-3H3. The van der Waals surface area contributed by atoms with E-state index >= 15 is 0 Å². The van der Waals surface area contributed by atoms with Gasteiger partial charge in [-0.2, -0.15) is 5.10 Å².